The summed E-state index contributed by atoms with van der Waals surface area (Å²) in [5.41, 5.74) is 0.301. The monoisotopic (exact) mass is 512 g/mol. The second-order valence-corrected chi connectivity index (χ2v) is 14.6. The molecule has 0 aromatic carbocycles. The van der Waals surface area contributed by atoms with E-state index in [1.165, 1.54) is 128 Å². The predicted octanol–water partition coefficient (Wildman–Crippen LogP) is 8.43. The third kappa shape index (κ3) is 9.59. The summed E-state index contributed by atoms with van der Waals surface area (Å²) in [4.78, 5) is 8.72. The van der Waals surface area contributed by atoms with Crippen LogP contribution < -0.4 is 0 Å². The van der Waals surface area contributed by atoms with Gasteiger partial charge in [0.2, 0.25) is 20.5 Å². The van der Waals surface area contributed by atoms with E-state index < -0.39 is 0 Å². The van der Waals surface area contributed by atoms with E-state index in [2.05, 4.69) is 62.9 Å². The molecule has 3 unspecified atom stereocenters. The van der Waals surface area contributed by atoms with Crippen molar-refractivity contribution in [2.75, 3.05) is 26.2 Å². The lowest BCUT2D eigenvalue weighted by molar-refractivity contribution is 0.210. The Morgan fingerprint density at radius 2 is 1.54 bits per heavy atom. The van der Waals surface area contributed by atoms with Gasteiger partial charge >= 0.3 is 0 Å². The lowest BCUT2D eigenvalue weighted by atomic mass is 9.41. The van der Waals surface area contributed by atoms with Crippen LogP contribution in [0.1, 0.15) is 119 Å². The molecule has 6 heteroatoms. The molecule has 0 amide bonds. The molecule has 0 aromatic heterocycles. The fourth-order valence-electron chi connectivity index (χ4n) is 8.60. The normalized spacial score (nSPS) is 25.1. The Labute approximate surface area is 234 Å². The van der Waals surface area contributed by atoms with Crippen LogP contribution in [-0.2, 0) is 0 Å². The van der Waals surface area contributed by atoms with Crippen molar-refractivity contribution in [1.82, 2.24) is 14.4 Å². The Morgan fingerprint density at radius 1 is 0.838 bits per heavy atom. The Balaban J connectivity index is 1.51. The van der Waals surface area contributed by atoms with Gasteiger partial charge in [0.1, 0.15) is 0 Å². The SMILES string of the molecule is CCCB1CCCCN1CCCC(C)CB1CCCCN1C(C)CC1CCCN(C(C)(C)C)B1CCC. The van der Waals surface area contributed by atoms with E-state index in [1.54, 1.807) is 0 Å². The maximum atomic E-state index is 2.99. The summed E-state index contributed by atoms with van der Waals surface area (Å²) in [6.45, 7) is 25.1. The number of nitrogens with zero attached hydrogens (tertiary/aromatic N) is 3. The summed E-state index contributed by atoms with van der Waals surface area (Å²) >= 11 is 0. The van der Waals surface area contributed by atoms with Gasteiger partial charge in [0, 0.05) is 5.54 Å². The van der Waals surface area contributed by atoms with E-state index in [-0.39, 0.29) is 0 Å². The van der Waals surface area contributed by atoms with Crippen LogP contribution >= 0.6 is 0 Å². The smallest absolute Gasteiger partial charge is 0.226 e. The van der Waals surface area contributed by atoms with Crippen LogP contribution in [0, 0.1) is 5.92 Å². The van der Waals surface area contributed by atoms with E-state index in [0.29, 0.717) is 5.54 Å². The van der Waals surface area contributed by atoms with E-state index in [0.717, 1.165) is 38.3 Å². The standard InChI is InChI=1S/C31H64B3N3/c1-8-18-32-20-10-12-22-35(32)23-14-16-28(3)27-33-21-11-13-24-36(33)29(4)26-30-17-15-25-37(31(5,6)7)34(30)19-9-2/h28-30H,8-27H2,1-7H3. The lowest BCUT2D eigenvalue weighted by Gasteiger charge is -2.49. The molecule has 37 heavy (non-hydrogen) atoms. The zero-order chi connectivity index (χ0) is 26.8. The Morgan fingerprint density at radius 3 is 2.24 bits per heavy atom. The highest BCUT2D eigenvalue weighted by Crippen LogP contribution is 2.38. The van der Waals surface area contributed by atoms with Gasteiger partial charge < -0.3 is 14.4 Å². The topological polar surface area (TPSA) is 9.72 Å². The number of rotatable bonds is 13. The molecule has 3 rings (SSSR count). The molecule has 0 bridgehead atoms. The van der Waals surface area contributed by atoms with Crippen LogP contribution in [0.5, 0.6) is 0 Å². The highest BCUT2D eigenvalue weighted by Gasteiger charge is 2.41. The van der Waals surface area contributed by atoms with Crippen LogP contribution in [0.25, 0.3) is 0 Å². The second-order valence-electron chi connectivity index (χ2n) is 14.6. The molecule has 3 nitrogen and oxygen atoms in total. The first-order valence-electron chi connectivity index (χ1n) is 17.0. The average Bonchev–Trinajstić information content (AvgIpc) is 2.86. The van der Waals surface area contributed by atoms with Gasteiger partial charge in [-0.25, -0.2) is 0 Å². The van der Waals surface area contributed by atoms with E-state index >= 15 is 0 Å². The largest absolute Gasteiger partial charge is 0.342 e. The van der Waals surface area contributed by atoms with Gasteiger partial charge in [-0.3, -0.25) is 0 Å². The van der Waals surface area contributed by atoms with Crippen molar-refractivity contribution in [3.8, 4) is 0 Å². The molecular formula is C31H64B3N3. The van der Waals surface area contributed by atoms with Crippen LogP contribution in [-0.4, -0.2) is 72.7 Å². The minimum absolute atomic E-state index is 0.301. The van der Waals surface area contributed by atoms with E-state index in [1.807, 2.05) is 0 Å². The highest BCUT2D eigenvalue weighted by atomic mass is 15.1. The molecule has 3 atom stereocenters. The van der Waals surface area contributed by atoms with Crippen LogP contribution in [0.15, 0.2) is 0 Å². The fourth-order valence-corrected chi connectivity index (χ4v) is 8.60. The van der Waals surface area contributed by atoms with Crippen LogP contribution in [0.3, 0.4) is 0 Å². The summed E-state index contributed by atoms with van der Waals surface area (Å²) < 4.78 is 0. The third-order valence-corrected chi connectivity index (χ3v) is 10.4. The fraction of sp³-hybridized carbons (Fsp3) is 1.00. The van der Waals surface area contributed by atoms with Crippen molar-refractivity contribution >= 4 is 20.5 Å². The molecule has 0 radical (unpaired) electrons. The molecule has 3 aliphatic heterocycles. The minimum Gasteiger partial charge on any atom is -0.342 e. The summed E-state index contributed by atoms with van der Waals surface area (Å²) in [5, 5.41) is 0. The van der Waals surface area contributed by atoms with Gasteiger partial charge in [-0.15, -0.1) is 0 Å². The average molecular weight is 511 g/mol. The predicted molar refractivity (Wildman–Crippen MR) is 171 cm³/mol. The van der Waals surface area contributed by atoms with Gasteiger partial charge in [-0.1, -0.05) is 97.8 Å². The van der Waals surface area contributed by atoms with Crippen molar-refractivity contribution in [3.63, 3.8) is 0 Å². The molecule has 0 spiro atoms. The van der Waals surface area contributed by atoms with Crippen molar-refractivity contribution < 1.29 is 0 Å². The van der Waals surface area contributed by atoms with Crippen LogP contribution in [0.4, 0.5) is 0 Å². The zero-order valence-electron chi connectivity index (χ0n) is 26.4. The highest BCUT2D eigenvalue weighted by molar-refractivity contribution is 6.58. The third-order valence-electron chi connectivity index (χ3n) is 10.4. The van der Waals surface area contributed by atoms with E-state index in [4.69, 9.17) is 0 Å². The molecule has 0 aromatic rings. The summed E-state index contributed by atoms with van der Waals surface area (Å²) in [7, 11) is 0. The Kier molecular flexibility index (Phi) is 13.5. The quantitative estimate of drug-likeness (QED) is 0.230. The van der Waals surface area contributed by atoms with Gasteiger partial charge in [-0.2, -0.15) is 0 Å². The lowest BCUT2D eigenvalue weighted by Crippen LogP contribution is -2.57. The van der Waals surface area contributed by atoms with Crippen molar-refractivity contribution in [2.24, 2.45) is 5.92 Å². The van der Waals surface area contributed by atoms with Crippen molar-refractivity contribution in [1.29, 1.82) is 0 Å². The first-order valence-corrected chi connectivity index (χ1v) is 17.0. The Bertz CT molecular complexity index is 625. The first kappa shape index (κ1) is 31.6. The summed E-state index contributed by atoms with van der Waals surface area (Å²) in [5.74, 6) is 1.75. The minimum atomic E-state index is 0.301. The Hall–Kier alpha value is 0.0748. The molecule has 0 saturated carbocycles. The number of hydrogen-bond donors (Lipinski definition) is 0. The first-order chi connectivity index (χ1) is 17.7. The van der Waals surface area contributed by atoms with Gasteiger partial charge in [0.15, 0.2) is 0 Å². The number of hydrogen-bond acceptors (Lipinski definition) is 3. The maximum absolute atomic E-state index is 2.99. The van der Waals surface area contributed by atoms with Gasteiger partial charge in [-0.05, 0) is 96.8 Å². The molecule has 3 heterocycles. The summed E-state index contributed by atoms with van der Waals surface area (Å²) in [6.07, 6.45) is 22.6. The van der Waals surface area contributed by atoms with Crippen LogP contribution in [0.2, 0.25) is 37.4 Å². The molecular weight excluding hydrogens is 447 g/mol. The van der Waals surface area contributed by atoms with Gasteiger partial charge in [0.05, 0.1) is 0 Å². The van der Waals surface area contributed by atoms with E-state index in [9.17, 15) is 0 Å². The molecule has 212 valence electrons. The molecule has 3 saturated heterocycles. The zero-order valence-corrected chi connectivity index (χ0v) is 26.4. The molecule has 3 aliphatic rings. The van der Waals surface area contributed by atoms with Gasteiger partial charge in [0.25, 0.3) is 0 Å². The molecule has 0 N–H and O–H groups in total. The maximum Gasteiger partial charge on any atom is 0.226 e. The summed E-state index contributed by atoms with van der Waals surface area (Å²) in [6, 6.07) is 0.741. The van der Waals surface area contributed by atoms with Crippen molar-refractivity contribution in [2.45, 2.75) is 168 Å². The molecule has 0 aliphatic carbocycles. The molecule has 3 fully saturated rings. The second kappa shape index (κ2) is 15.8. The van der Waals surface area contributed by atoms with Crippen molar-refractivity contribution in [3.05, 3.63) is 0 Å².